The first-order valence-electron chi connectivity index (χ1n) is 8.42. The molecule has 0 bridgehead atoms. The normalized spacial score (nSPS) is 14.6. The van der Waals surface area contributed by atoms with Gasteiger partial charge < -0.3 is 14.8 Å². The molecular formula is C20H18ClFN2O2S. The standard InChI is InChI=1S/C20H18ClFN2O2S/c1-20(2)9-12-6-11(7-17(25-3)18(12)26-20)16-10-27-19(24-16)23-13-4-5-15(22)14(21)8-13/h4-8,10H,9H2,1-3H3,(H,23,24). The lowest BCUT2D eigenvalue weighted by molar-refractivity contribution is 0.134. The largest absolute Gasteiger partial charge is 0.493 e. The van der Waals surface area contributed by atoms with Crippen LogP contribution in [0.15, 0.2) is 35.7 Å². The molecule has 0 fully saturated rings. The SMILES string of the molecule is COc1cc(-c2csc(Nc3ccc(F)c(Cl)c3)n2)cc2c1OC(C)(C)C2. The highest BCUT2D eigenvalue weighted by molar-refractivity contribution is 7.14. The van der Waals surface area contributed by atoms with Crippen LogP contribution in [0.5, 0.6) is 11.5 Å². The third-order valence-corrected chi connectivity index (χ3v) is 5.36. The van der Waals surface area contributed by atoms with Crippen molar-refractivity contribution >= 4 is 33.8 Å². The molecule has 1 aliphatic heterocycles. The number of ether oxygens (including phenoxy) is 2. The molecule has 0 amide bonds. The van der Waals surface area contributed by atoms with E-state index in [0.29, 0.717) is 16.6 Å². The molecule has 3 aromatic rings. The lowest BCUT2D eigenvalue weighted by atomic mass is 9.99. The van der Waals surface area contributed by atoms with Crippen LogP contribution in [0.3, 0.4) is 0 Å². The fourth-order valence-electron chi connectivity index (χ4n) is 3.14. The third-order valence-electron chi connectivity index (χ3n) is 4.32. The quantitative estimate of drug-likeness (QED) is 0.573. The maximum absolute atomic E-state index is 13.3. The zero-order valence-electron chi connectivity index (χ0n) is 15.1. The Morgan fingerprint density at radius 1 is 1.30 bits per heavy atom. The summed E-state index contributed by atoms with van der Waals surface area (Å²) in [4.78, 5) is 4.64. The van der Waals surface area contributed by atoms with Gasteiger partial charge in [0, 0.05) is 28.6 Å². The number of methoxy groups -OCH3 is 1. The molecule has 27 heavy (non-hydrogen) atoms. The summed E-state index contributed by atoms with van der Waals surface area (Å²) in [6.07, 6.45) is 0.815. The predicted octanol–water partition coefficient (Wildman–Crippen LogP) is 6.07. The number of anilines is 2. The van der Waals surface area contributed by atoms with Gasteiger partial charge in [-0.25, -0.2) is 9.37 Å². The van der Waals surface area contributed by atoms with Gasteiger partial charge in [-0.3, -0.25) is 0 Å². The minimum Gasteiger partial charge on any atom is -0.493 e. The Labute approximate surface area is 165 Å². The smallest absolute Gasteiger partial charge is 0.187 e. The van der Waals surface area contributed by atoms with Gasteiger partial charge in [0.25, 0.3) is 0 Å². The Bertz CT molecular complexity index is 1020. The van der Waals surface area contributed by atoms with Crippen molar-refractivity contribution in [3.8, 4) is 22.8 Å². The molecule has 140 valence electrons. The Morgan fingerprint density at radius 2 is 2.11 bits per heavy atom. The van der Waals surface area contributed by atoms with Crippen molar-refractivity contribution < 1.29 is 13.9 Å². The number of aromatic nitrogens is 1. The Hall–Kier alpha value is -2.31. The number of nitrogens with zero attached hydrogens (tertiary/aromatic N) is 1. The predicted molar refractivity (Wildman–Crippen MR) is 107 cm³/mol. The van der Waals surface area contributed by atoms with Crippen molar-refractivity contribution in [1.29, 1.82) is 0 Å². The van der Waals surface area contributed by atoms with Gasteiger partial charge in [-0.2, -0.15) is 0 Å². The molecule has 7 heteroatoms. The van der Waals surface area contributed by atoms with Crippen molar-refractivity contribution in [2.24, 2.45) is 0 Å². The summed E-state index contributed by atoms with van der Waals surface area (Å²) in [5.41, 5.74) is 3.35. The molecule has 2 aromatic carbocycles. The van der Waals surface area contributed by atoms with Gasteiger partial charge in [-0.15, -0.1) is 11.3 Å². The van der Waals surface area contributed by atoms with Crippen molar-refractivity contribution in [3.63, 3.8) is 0 Å². The highest BCUT2D eigenvalue weighted by atomic mass is 35.5. The van der Waals surface area contributed by atoms with Crippen LogP contribution in [0.1, 0.15) is 19.4 Å². The monoisotopic (exact) mass is 404 g/mol. The second-order valence-electron chi connectivity index (χ2n) is 7.00. The van der Waals surface area contributed by atoms with Crippen LogP contribution >= 0.6 is 22.9 Å². The molecule has 2 heterocycles. The van der Waals surface area contributed by atoms with Crippen LogP contribution in [0, 0.1) is 5.82 Å². The number of hydrogen-bond acceptors (Lipinski definition) is 5. The third kappa shape index (κ3) is 3.59. The van der Waals surface area contributed by atoms with Crippen molar-refractivity contribution in [2.45, 2.75) is 25.9 Å². The highest BCUT2D eigenvalue weighted by Gasteiger charge is 2.33. The fourth-order valence-corrected chi connectivity index (χ4v) is 4.06. The van der Waals surface area contributed by atoms with E-state index < -0.39 is 5.82 Å². The summed E-state index contributed by atoms with van der Waals surface area (Å²) in [7, 11) is 1.64. The van der Waals surface area contributed by atoms with Gasteiger partial charge in [-0.05, 0) is 44.2 Å². The van der Waals surface area contributed by atoms with Gasteiger partial charge >= 0.3 is 0 Å². The van der Waals surface area contributed by atoms with E-state index in [2.05, 4.69) is 30.2 Å². The minimum absolute atomic E-state index is 0.0720. The van der Waals surface area contributed by atoms with Crippen LogP contribution in [0.4, 0.5) is 15.2 Å². The van der Waals surface area contributed by atoms with Gasteiger partial charge in [0.15, 0.2) is 16.6 Å². The van der Waals surface area contributed by atoms with Crippen molar-refractivity contribution in [3.05, 3.63) is 52.1 Å². The molecule has 0 unspecified atom stereocenters. The zero-order valence-corrected chi connectivity index (χ0v) is 16.7. The first-order valence-corrected chi connectivity index (χ1v) is 9.68. The Morgan fingerprint density at radius 3 is 2.85 bits per heavy atom. The molecule has 1 N–H and O–H groups in total. The highest BCUT2D eigenvalue weighted by Crippen LogP contribution is 2.44. The maximum atomic E-state index is 13.3. The van der Waals surface area contributed by atoms with Gasteiger partial charge in [0.05, 0.1) is 17.8 Å². The lowest BCUT2D eigenvalue weighted by Gasteiger charge is -2.17. The van der Waals surface area contributed by atoms with Crippen LogP contribution in [0.25, 0.3) is 11.3 Å². The molecule has 0 atom stereocenters. The number of fused-ring (bicyclic) bond motifs is 1. The number of benzene rings is 2. The number of halogens is 2. The molecule has 1 aromatic heterocycles. The van der Waals surface area contributed by atoms with E-state index in [1.807, 2.05) is 11.4 Å². The van der Waals surface area contributed by atoms with Gasteiger partial charge in [0.2, 0.25) is 0 Å². The summed E-state index contributed by atoms with van der Waals surface area (Å²) in [5.74, 6) is 1.07. The number of hydrogen-bond donors (Lipinski definition) is 1. The molecule has 0 spiro atoms. The Balaban J connectivity index is 1.63. The molecule has 4 nitrogen and oxygen atoms in total. The summed E-state index contributed by atoms with van der Waals surface area (Å²) in [6, 6.07) is 8.52. The van der Waals surface area contributed by atoms with Gasteiger partial charge in [-0.1, -0.05) is 11.6 Å². The second-order valence-corrected chi connectivity index (χ2v) is 8.26. The number of rotatable bonds is 4. The van der Waals surface area contributed by atoms with E-state index in [1.54, 1.807) is 13.2 Å². The maximum Gasteiger partial charge on any atom is 0.187 e. The number of nitrogens with one attached hydrogen (secondary N) is 1. The first-order chi connectivity index (χ1) is 12.8. The van der Waals surface area contributed by atoms with Crippen molar-refractivity contribution in [2.75, 3.05) is 12.4 Å². The van der Waals surface area contributed by atoms with E-state index in [9.17, 15) is 4.39 Å². The second kappa shape index (κ2) is 6.69. The summed E-state index contributed by atoms with van der Waals surface area (Å²) in [5, 5.41) is 5.89. The van der Waals surface area contributed by atoms with E-state index in [4.69, 9.17) is 21.1 Å². The van der Waals surface area contributed by atoms with Crippen LogP contribution < -0.4 is 14.8 Å². The molecule has 0 saturated carbocycles. The lowest BCUT2D eigenvalue weighted by Crippen LogP contribution is -2.24. The summed E-state index contributed by atoms with van der Waals surface area (Å²) in [6.45, 7) is 4.12. The van der Waals surface area contributed by atoms with Crippen LogP contribution in [-0.4, -0.2) is 17.7 Å². The molecule has 0 saturated heterocycles. The molecule has 1 aliphatic rings. The Kier molecular flexibility index (Phi) is 4.48. The van der Waals surface area contributed by atoms with E-state index in [1.165, 1.54) is 23.5 Å². The van der Waals surface area contributed by atoms with Crippen molar-refractivity contribution in [1.82, 2.24) is 4.98 Å². The van der Waals surface area contributed by atoms with Crippen LogP contribution in [0.2, 0.25) is 5.02 Å². The minimum atomic E-state index is -0.447. The first kappa shape index (κ1) is 18.1. The summed E-state index contributed by atoms with van der Waals surface area (Å²) >= 11 is 7.30. The van der Waals surface area contributed by atoms with Gasteiger partial charge in [0.1, 0.15) is 11.4 Å². The number of thiazole rings is 1. The van der Waals surface area contributed by atoms with E-state index in [-0.39, 0.29) is 10.6 Å². The van der Waals surface area contributed by atoms with E-state index >= 15 is 0 Å². The molecular weight excluding hydrogens is 387 g/mol. The fraction of sp³-hybridized carbons (Fsp3) is 0.250. The topological polar surface area (TPSA) is 43.4 Å². The average Bonchev–Trinajstić information content (AvgIpc) is 3.19. The van der Waals surface area contributed by atoms with E-state index in [0.717, 1.165) is 29.0 Å². The summed E-state index contributed by atoms with van der Waals surface area (Å²) < 4.78 is 24.8. The zero-order chi connectivity index (χ0) is 19.2. The molecule has 4 rings (SSSR count). The van der Waals surface area contributed by atoms with Crippen LogP contribution in [-0.2, 0) is 6.42 Å². The molecule has 0 aliphatic carbocycles. The molecule has 0 radical (unpaired) electrons. The average molecular weight is 405 g/mol.